The fourth-order valence-electron chi connectivity index (χ4n) is 3.81. The third-order valence-corrected chi connectivity index (χ3v) is 5.66. The lowest BCUT2D eigenvalue weighted by molar-refractivity contribution is -0.134. The molecule has 1 unspecified atom stereocenters. The number of aryl methyl sites for hydroxylation is 2. The minimum absolute atomic E-state index is 0.0132. The van der Waals surface area contributed by atoms with Crippen LogP contribution in [0.25, 0.3) is 11.4 Å². The Morgan fingerprint density at radius 1 is 1.21 bits per heavy atom. The van der Waals surface area contributed by atoms with Crippen LogP contribution in [0.15, 0.2) is 47.1 Å². The van der Waals surface area contributed by atoms with Crippen LogP contribution in [-0.4, -0.2) is 44.9 Å². The van der Waals surface area contributed by atoms with Gasteiger partial charge in [-0.15, -0.1) is 0 Å². The average molecular weight is 452 g/mol. The minimum atomic E-state index is -0.328. The highest BCUT2D eigenvalue weighted by Gasteiger charge is 2.28. The summed E-state index contributed by atoms with van der Waals surface area (Å²) in [6.45, 7) is 3.00. The SMILES string of the molecule is Cc1ccc(NC(=O)C2CCCN(C(=O)CCCc3nc(-c4ccc(F)cc4)no3)C2)nc1. The molecule has 1 fully saturated rings. The fourth-order valence-corrected chi connectivity index (χ4v) is 3.81. The molecule has 4 rings (SSSR count). The number of pyridine rings is 1. The van der Waals surface area contributed by atoms with Crippen LogP contribution in [-0.2, 0) is 16.0 Å². The molecular formula is C24H26FN5O3. The number of amides is 2. The minimum Gasteiger partial charge on any atom is -0.342 e. The Labute approximate surface area is 191 Å². The molecule has 0 bridgehead atoms. The van der Waals surface area contributed by atoms with Crippen LogP contribution in [0.1, 0.15) is 37.1 Å². The Balaban J connectivity index is 1.24. The number of benzene rings is 1. The van der Waals surface area contributed by atoms with Crippen molar-refractivity contribution in [1.29, 1.82) is 0 Å². The monoisotopic (exact) mass is 451 g/mol. The number of rotatable bonds is 7. The normalized spacial score (nSPS) is 15.9. The molecule has 2 amide bonds. The number of carbonyl (C=O) groups excluding carboxylic acids is 2. The van der Waals surface area contributed by atoms with Crippen molar-refractivity contribution in [3.05, 3.63) is 59.9 Å². The molecule has 9 heteroatoms. The van der Waals surface area contributed by atoms with Gasteiger partial charge in [0.15, 0.2) is 0 Å². The molecule has 0 aliphatic carbocycles. The predicted molar refractivity (Wildman–Crippen MR) is 120 cm³/mol. The Morgan fingerprint density at radius 2 is 2.03 bits per heavy atom. The quantitative estimate of drug-likeness (QED) is 0.587. The van der Waals surface area contributed by atoms with E-state index in [1.165, 1.54) is 12.1 Å². The molecule has 1 aliphatic rings. The van der Waals surface area contributed by atoms with E-state index < -0.39 is 0 Å². The molecule has 1 atom stereocenters. The van der Waals surface area contributed by atoms with Gasteiger partial charge in [-0.2, -0.15) is 4.98 Å². The first-order chi connectivity index (χ1) is 16.0. The van der Waals surface area contributed by atoms with Crippen molar-refractivity contribution in [2.75, 3.05) is 18.4 Å². The Hall–Kier alpha value is -3.62. The van der Waals surface area contributed by atoms with Gasteiger partial charge in [0.25, 0.3) is 0 Å². The lowest BCUT2D eigenvalue weighted by atomic mass is 9.96. The van der Waals surface area contributed by atoms with Gasteiger partial charge in [0.1, 0.15) is 11.6 Å². The standard InChI is InChI=1S/C24H26FN5O3/c1-16-7-12-20(26-14-16)27-24(32)18-4-3-13-30(15-18)22(31)6-2-5-21-28-23(29-33-21)17-8-10-19(25)11-9-17/h7-12,14,18H,2-6,13,15H2,1H3,(H,26,27,32). The van der Waals surface area contributed by atoms with Gasteiger partial charge in [0, 0.05) is 37.7 Å². The zero-order valence-electron chi connectivity index (χ0n) is 18.5. The van der Waals surface area contributed by atoms with E-state index in [1.54, 1.807) is 29.3 Å². The largest absolute Gasteiger partial charge is 0.342 e. The van der Waals surface area contributed by atoms with Crippen LogP contribution in [0, 0.1) is 18.7 Å². The lowest BCUT2D eigenvalue weighted by Crippen LogP contribution is -2.43. The number of aromatic nitrogens is 3. The summed E-state index contributed by atoms with van der Waals surface area (Å²) in [6.07, 6.45) is 4.60. The van der Waals surface area contributed by atoms with E-state index in [-0.39, 0.29) is 23.5 Å². The van der Waals surface area contributed by atoms with E-state index in [4.69, 9.17) is 4.52 Å². The number of halogens is 1. The predicted octanol–water partition coefficient (Wildman–Crippen LogP) is 3.78. The Kier molecular flexibility index (Phi) is 7.07. The van der Waals surface area contributed by atoms with Crippen LogP contribution in [0.3, 0.4) is 0 Å². The first-order valence-corrected chi connectivity index (χ1v) is 11.1. The highest BCUT2D eigenvalue weighted by atomic mass is 19.1. The summed E-state index contributed by atoms with van der Waals surface area (Å²) >= 11 is 0. The van der Waals surface area contributed by atoms with Crippen molar-refractivity contribution in [2.24, 2.45) is 5.92 Å². The van der Waals surface area contributed by atoms with Crippen molar-refractivity contribution in [3.63, 3.8) is 0 Å². The summed E-state index contributed by atoms with van der Waals surface area (Å²) < 4.78 is 18.3. The van der Waals surface area contributed by atoms with E-state index in [0.717, 1.165) is 18.4 Å². The molecule has 1 aromatic carbocycles. The van der Waals surface area contributed by atoms with Crippen LogP contribution < -0.4 is 5.32 Å². The third-order valence-electron chi connectivity index (χ3n) is 5.66. The van der Waals surface area contributed by atoms with E-state index in [9.17, 15) is 14.0 Å². The first kappa shape index (κ1) is 22.6. The summed E-state index contributed by atoms with van der Waals surface area (Å²) in [7, 11) is 0. The molecule has 0 radical (unpaired) electrons. The zero-order valence-corrected chi connectivity index (χ0v) is 18.5. The molecule has 172 valence electrons. The number of hydrogen-bond donors (Lipinski definition) is 1. The number of hydrogen-bond acceptors (Lipinski definition) is 6. The first-order valence-electron chi connectivity index (χ1n) is 11.1. The maximum atomic E-state index is 13.1. The molecule has 1 N–H and O–H groups in total. The number of carbonyl (C=O) groups is 2. The molecule has 8 nitrogen and oxygen atoms in total. The van der Waals surface area contributed by atoms with Gasteiger partial charge in [-0.3, -0.25) is 9.59 Å². The van der Waals surface area contributed by atoms with Crippen LogP contribution >= 0.6 is 0 Å². The second-order valence-corrected chi connectivity index (χ2v) is 8.26. The summed E-state index contributed by atoms with van der Waals surface area (Å²) in [5.74, 6) is 0.675. The second-order valence-electron chi connectivity index (χ2n) is 8.26. The van der Waals surface area contributed by atoms with Crippen LogP contribution in [0.2, 0.25) is 0 Å². The van der Waals surface area contributed by atoms with Gasteiger partial charge >= 0.3 is 0 Å². The van der Waals surface area contributed by atoms with Gasteiger partial charge in [0.05, 0.1) is 5.92 Å². The number of likely N-dealkylation sites (tertiary alicyclic amines) is 1. The fraction of sp³-hybridized carbons (Fsp3) is 0.375. The summed E-state index contributed by atoms with van der Waals surface area (Å²) in [6, 6.07) is 9.53. The smallest absolute Gasteiger partial charge is 0.230 e. The maximum absolute atomic E-state index is 13.1. The van der Waals surface area contributed by atoms with E-state index in [2.05, 4.69) is 20.4 Å². The molecule has 2 aromatic heterocycles. The van der Waals surface area contributed by atoms with Gasteiger partial charge < -0.3 is 14.7 Å². The van der Waals surface area contributed by atoms with Gasteiger partial charge in [-0.1, -0.05) is 11.2 Å². The molecule has 33 heavy (non-hydrogen) atoms. The maximum Gasteiger partial charge on any atom is 0.230 e. The zero-order chi connectivity index (χ0) is 23.2. The van der Waals surface area contributed by atoms with Crippen molar-refractivity contribution >= 4 is 17.6 Å². The average Bonchev–Trinajstić information content (AvgIpc) is 3.30. The van der Waals surface area contributed by atoms with Gasteiger partial charge in [-0.25, -0.2) is 9.37 Å². The number of nitrogens with one attached hydrogen (secondary N) is 1. The molecule has 3 aromatic rings. The Bertz CT molecular complexity index is 1100. The molecule has 1 saturated heterocycles. The highest BCUT2D eigenvalue weighted by molar-refractivity contribution is 5.92. The second kappa shape index (κ2) is 10.3. The summed E-state index contributed by atoms with van der Waals surface area (Å²) in [4.78, 5) is 35.6. The molecule has 0 spiro atoms. The van der Waals surface area contributed by atoms with Crippen LogP contribution in [0.4, 0.5) is 10.2 Å². The highest BCUT2D eigenvalue weighted by Crippen LogP contribution is 2.20. The topological polar surface area (TPSA) is 101 Å². The summed E-state index contributed by atoms with van der Waals surface area (Å²) in [5, 5.41) is 6.76. The van der Waals surface area contributed by atoms with Crippen molar-refractivity contribution in [1.82, 2.24) is 20.0 Å². The number of anilines is 1. The Morgan fingerprint density at radius 3 is 2.79 bits per heavy atom. The van der Waals surface area contributed by atoms with Crippen molar-refractivity contribution < 1.29 is 18.5 Å². The van der Waals surface area contributed by atoms with Crippen molar-refractivity contribution in [3.8, 4) is 11.4 Å². The molecule has 1 aliphatic heterocycles. The molecule has 0 saturated carbocycles. The molecular weight excluding hydrogens is 425 g/mol. The van der Waals surface area contributed by atoms with Crippen molar-refractivity contribution in [2.45, 2.75) is 39.0 Å². The molecule has 3 heterocycles. The van der Waals surface area contributed by atoms with Gasteiger partial charge in [0.2, 0.25) is 23.5 Å². The third kappa shape index (κ3) is 6.00. The lowest BCUT2D eigenvalue weighted by Gasteiger charge is -2.32. The van der Waals surface area contributed by atoms with E-state index >= 15 is 0 Å². The number of nitrogens with zero attached hydrogens (tertiary/aromatic N) is 4. The van der Waals surface area contributed by atoms with E-state index in [1.807, 2.05) is 13.0 Å². The van der Waals surface area contributed by atoms with E-state index in [0.29, 0.717) is 55.4 Å². The van der Waals surface area contributed by atoms with Gasteiger partial charge in [-0.05, 0) is 62.1 Å². The number of piperidine rings is 1. The summed E-state index contributed by atoms with van der Waals surface area (Å²) in [5.41, 5.74) is 1.69. The van der Waals surface area contributed by atoms with Crippen LogP contribution in [0.5, 0.6) is 0 Å².